The van der Waals surface area contributed by atoms with Crippen molar-refractivity contribution >= 4 is 15.9 Å². The second kappa shape index (κ2) is 6.32. The lowest BCUT2D eigenvalue weighted by molar-refractivity contribution is -0.121. The largest absolute Gasteiger partial charge is 0.353 e. The molecule has 1 fully saturated rings. The highest BCUT2D eigenvalue weighted by molar-refractivity contribution is 7.89. The second-order valence-corrected chi connectivity index (χ2v) is 6.56. The molecule has 1 amide bonds. The zero-order chi connectivity index (χ0) is 14.6. The van der Waals surface area contributed by atoms with E-state index in [0.29, 0.717) is 18.9 Å². The van der Waals surface area contributed by atoms with E-state index in [2.05, 4.69) is 10.0 Å². The van der Waals surface area contributed by atoms with E-state index >= 15 is 0 Å². The first-order chi connectivity index (χ1) is 9.47. The molecule has 7 heteroatoms. The fourth-order valence-electron chi connectivity index (χ4n) is 1.68. The summed E-state index contributed by atoms with van der Waals surface area (Å²) in [6, 6.07) is 4.92. The Morgan fingerprint density at radius 2 is 1.90 bits per heavy atom. The highest BCUT2D eigenvalue weighted by Crippen LogP contribution is 2.18. The smallest absolute Gasteiger partial charge is 0.240 e. The van der Waals surface area contributed by atoms with Crippen LogP contribution in [0.5, 0.6) is 0 Å². The summed E-state index contributed by atoms with van der Waals surface area (Å²) in [5, 5.41) is 2.83. The number of carbonyl (C=O) groups is 1. The molecule has 2 rings (SSSR count). The number of halogens is 1. The maximum Gasteiger partial charge on any atom is 0.240 e. The highest BCUT2D eigenvalue weighted by atomic mass is 32.2. The number of hydrogen-bond donors (Lipinski definition) is 2. The van der Waals surface area contributed by atoms with Crippen LogP contribution < -0.4 is 10.0 Å². The van der Waals surface area contributed by atoms with E-state index in [1.807, 2.05) is 0 Å². The Morgan fingerprint density at radius 1 is 1.25 bits per heavy atom. The molecule has 0 bridgehead atoms. The lowest BCUT2D eigenvalue weighted by Crippen LogP contribution is -2.28. The van der Waals surface area contributed by atoms with Gasteiger partial charge in [-0.2, -0.15) is 0 Å². The van der Waals surface area contributed by atoms with E-state index in [0.717, 1.165) is 25.0 Å². The van der Waals surface area contributed by atoms with Gasteiger partial charge in [-0.25, -0.2) is 17.5 Å². The predicted molar refractivity (Wildman–Crippen MR) is 72.0 cm³/mol. The van der Waals surface area contributed by atoms with E-state index in [1.54, 1.807) is 0 Å². The first kappa shape index (κ1) is 14.9. The summed E-state index contributed by atoms with van der Waals surface area (Å²) in [6.07, 6.45) is 2.79. The van der Waals surface area contributed by atoms with Crippen molar-refractivity contribution in [1.29, 1.82) is 0 Å². The fraction of sp³-hybridized carbons (Fsp3) is 0.462. The van der Waals surface area contributed by atoms with Gasteiger partial charge >= 0.3 is 0 Å². The molecule has 5 nitrogen and oxygen atoms in total. The number of rotatable bonds is 7. The molecular weight excluding hydrogens is 283 g/mol. The van der Waals surface area contributed by atoms with Crippen molar-refractivity contribution in [3.8, 4) is 0 Å². The molecule has 1 aromatic rings. The van der Waals surface area contributed by atoms with E-state index in [1.165, 1.54) is 12.1 Å². The summed E-state index contributed by atoms with van der Waals surface area (Å²) < 4.78 is 38.8. The number of carbonyl (C=O) groups excluding carboxylic acids is 1. The Morgan fingerprint density at radius 3 is 2.50 bits per heavy atom. The summed E-state index contributed by atoms with van der Waals surface area (Å²) in [4.78, 5) is 11.4. The van der Waals surface area contributed by atoms with Gasteiger partial charge in [0.15, 0.2) is 0 Å². The summed E-state index contributed by atoms with van der Waals surface area (Å²) in [5.41, 5.74) is 0. The summed E-state index contributed by atoms with van der Waals surface area (Å²) >= 11 is 0. The van der Waals surface area contributed by atoms with Gasteiger partial charge in [0.05, 0.1) is 4.90 Å². The molecule has 2 N–H and O–H groups in total. The van der Waals surface area contributed by atoms with Crippen LogP contribution in [-0.2, 0) is 14.8 Å². The number of amides is 1. The van der Waals surface area contributed by atoms with Gasteiger partial charge in [-0.05, 0) is 43.5 Å². The minimum Gasteiger partial charge on any atom is -0.353 e. The van der Waals surface area contributed by atoms with Crippen LogP contribution in [0, 0.1) is 5.82 Å². The summed E-state index contributed by atoms with van der Waals surface area (Å²) in [7, 11) is -3.63. The topological polar surface area (TPSA) is 75.3 Å². The first-order valence-electron chi connectivity index (χ1n) is 6.52. The molecule has 1 aliphatic carbocycles. The van der Waals surface area contributed by atoms with Crippen LogP contribution in [0.1, 0.15) is 25.7 Å². The molecule has 0 radical (unpaired) electrons. The maximum absolute atomic E-state index is 12.7. The van der Waals surface area contributed by atoms with Crippen LogP contribution in [0.4, 0.5) is 4.39 Å². The van der Waals surface area contributed by atoms with Crippen LogP contribution in [-0.4, -0.2) is 26.9 Å². The standard InChI is InChI=1S/C13H17FN2O3S/c14-10-3-7-12(8-4-10)20(18,19)15-9-1-2-13(17)16-11-5-6-11/h3-4,7-8,11,15H,1-2,5-6,9H2,(H,16,17). The molecule has 0 atom stereocenters. The minimum absolute atomic E-state index is 0.0151. The number of sulfonamides is 1. The normalized spacial score (nSPS) is 15.1. The quantitative estimate of drug-likeness (QED) is 0.742. The van der Waals surface area contributed by atoms with Crippen LogP contribution >= 0.6 is 0 Å². The van der Waals surface area contributed by atoms with Crippen molar-refractivity contribution in [2.75, 3.05) is 6.54 Å². The van der Waals surface area contributed by atoms with Crippen LogP contribution in [0.25, 0.3) is 0 Å². The predicted octanol–water partition coefficient (Wildman–Crippen LogP) is 1.16. The summed E-state index contributed by atoms with van der Waals surface area (Å²) in [6.45, 7) is 0.178. The molecule has 0 unspecified atom stereocenters. The Hall–Kier alpha value is -1.47. The monoisotopic (exact) mass is 300 g/mol. The van der Waals surface area contributed by atoms with E-state index in [-0.39, 0.29) is 17.3 Å². The first-order valence-corrected chi connectivity index (χ1v) is 8.00. The molecule has 1 aliphatic rings. The van der Waals surface area contributed by atoms with Gasteiger partial charge in [0.25, 0.3) is 0 Å². The van der Waals surface area contributed by atoms with Crippen molar-refractivity contribution < 1.29 is 17.6 Å². The fourth-order valence-corrected chi connectivity index (χ4v) is 2.75. The maximum atomic E-state index is 12.7. The Bertz CT molecular complexity index is 568. The molecular formula is C13H17FN2O3S. The lowest BCUT2D eigenvalue weighted by Gasteiger charge is -2.07. The Kier molecular flexibility index (Phi) is 4.72. The van der Waals surface area contributed by atoms with E-state index in [4.69, 9.17) is 0 Å². The highest BCUT2D eigenvalue weighted by Gasteiger charge is 2.22. The number of hydrogen-bond acceptors (Lipinski definition) is 3. The number of nitrogens with one attached hydrogen (secondary N) is 2. The molecule has 0 aliphatic heterocycles. The van der Waals surface area contributed by atoms with Gasteiger partial charge in [-0.1, -0.05) is 0 Å². The van der Waals surface area contributed by atoms with Crippen molar-refractivity contribution in [2.45, 2.75) is 36.6 Å². The second-order valence-electron chi connectivity index (χ2n) is 4.80. The molecule has 1 saturated carbocycles. The van der Waals surface area contributed by atoms with Gasteiger partial charge in [-0.15, -0.1) is 0 Å². The zero-order valence-corrected chi connectivity index (χ0v) is 11.7. The third kappa shape index (κ3) is 4.57. The van der Waals surface area contributed by atoms with Crippen LogP contribution in [0.2, 0.25) is 0 Å². The zero-order valence-electron chi connectivity index (χ0n) is 10.9. The average Bonchev–Trinajstić information content (AvgIpc) is 3.19. The van der Waals surface area contributed by atoms with Crippen molar-refractivity contribution in [3.63, 3.8) is 0 Å². The lowest BCUT2D eigenvalue weighted by atomic mass is 10.3. The number of benzene rings is 1. The van der Waals surface area contributed by atoms with Crippen molar-refractivity contribution in [1.82, 2.24) is 10.0 Å². The van der Waals surface area contributed by atoms with Crippen LogP contribution in [0.15, 0.2) is 29.2 Å². The van der Waals surface area contributed by atoms with Gasteiger partial charge < -0.3 is 5.32 Å². The van der Waals surface area contributed by atoms with E-state index < -0.39 is 15.8 Å². The molecule has 20 heavy (non-hydrogen) atoms. The molecule has 0 spiro atoms. The minimum atomic E-state index is -3.63. The van der Waals surface area contributed by atoms with Gasteiger partial charge in [0, 0.05) is 19.0 Å². The van der Waals surface area contributed by atoms with E-state index in [9.17, 15) is 17.6 Å². The van der Waals surface area contributed by atoms with Gasteiger partial charge in [0.1, 0.15) is 5.82 Å². The molecule has 0 heterocycles. The summed E-state index contributed by atoms with van der Waals surface area (Å²) in [5.74, 6) is -0.533. The Balaban J connectivity index is 1.74. The molecule has 0 saturated heterocycles. The Labute approximate surface area is 117 Å². The van der Waals surface area contributed by atoms with Gasteiger partial charge in [0.2, 0.25) is 15.9 Å². The third-order valence-corrected chi connectivity index (χ3v) is 4.42. The van der Waals surface area contributed by atoms with Crippen LogP contribution in [0.3, 0.4) is 0 Å². The molecule has 110 valence electrons. The van der Waals surface area contributed by atoms with Gasteiger partial charge in [-0.3, -0.25) is 4.79 Å². The SMILES string of the molecule is O=C(CCCNS(=O)(=O)c1ccc(F)cc1)NC1CC1. The molecule has 1 aromatic carbocycles. The van der Waals surface area contributed by atoms with Crippen molar-refractivity contribution in [2.24, 2.45) is 0 Å². The average molecular weight is 300 g/mol. The molecule has 0 aromatic heterocycles. The third-order valence-electron chi connectivity index (χ3n) is 2.94. The van der Waals surface area contributed by atoms with Crippen molar-refractivity contribution in [3.05, 3.63) is 30.1 Å².